The second-order valence-corrected chi connectivity index (χ2v) is 5.92. The molecule has 1 aliphatic rings. The maximum Gasteiger partial charge on any atom is 0.138 e. The van der Waals surface area contributed by atoms with E-state index in [2.05, 4.69) is 17.0 Å². The Kier molecular flexibility index (Phi) is 4.38. The fourth-order valence-electron chi connectivity index (χ4n) is 3.01. The van der Waals surface area contributed by atoms with Crippen molar-refractivity contribution in [3.8, 4) is 0 Å². The molecule has 2 N–H and O–H groups in total. The van der Waals surface area contributed by atoms with Gasteiger partial charge in [-0.25, -0.2) is 4.98 Å². The third-order valence-electron chi connectivity index (χ3n) is 4.38. The van der Waals surface area contributed by atoms with Gasteiger partial charge in [-0.3, -0.25) is 4.68 Å². The zero-order chi connectivity index (χ0) is 13.0. The molecule has 1 aliphatic carbocycles. The largest absolute Gasteiger partial charge is 0.325 e. The normalized spacial score (nSPS) is 28.5. The van der Waals surface area contributed by atoms with Crippen LogP contribution in [-0.4, -0.2) is 20.3 Å². The first-order chi connectivity index (χ1) is 8.63. The zero-order valence-corrected chi connectivity index (χ0v) is 11.7. The van der Waals surface area contributed by atoms with Crippen molar-refractivity contribution in [2.45, 2.75) is 63.8 Å². The van der Waals surface area contributed by atoms with Crippen molar-refractivity contribution in [1.82, 2.24) is 14.8 Å². The van der Waals surface area contributed by atoms with Crippen LogP contribution in [0.15, 0.2) is 6.33 Å². The van der Waals surface area contributed by atoms with Gasteiger partial charge in [0.05, 0.1) is 0 Å². The zero-order valence-electron chi connectivity index (χ0n) is 11.7. The third-order valence-corrected chi connectivity index (χ3v) is 4.38. The maximum absolute atomic E-state index is 6.53. The Balaban J connectivity index is 1.85. The van der Waals surface area contributed by atoms with Gasteiger partial charge in [-0.05, 0) is 31.6 Å². The highest BCUT2D eigenvalue weighted by molar-refractivity contribution is 4.99. The molecule has 4 heteroatoms. The summed E-state index contributed by atoms with van der Waals surface area (Å²) in [5.41, 5.74) is 6.48. The molecule has 0 aromatic carbocycles. The van der Waals surface area contributed by atoms with E-state index in [-0.39, 0.29) is 5.54 Å². The lowest BCUT2D eigenvalue weighted by Gasteiger charge is -2.37. The summed E-state index contributed by atoms with van der Waals surface area (Å²) < 4.78 is 1.85. The Bertz CT molecular complexity index is 364. The molecular formula is C14H26N4. The monoisotopic (exact) mass is 250 g/mol. The van der Waals surface area contributed by atoms with E-state index in [1.165, 1.54) is 32.1 Å². The van der Waals surface area contributed by atoms with Crippen LogP contribution in [0.1, 0.15) is 57.7 Å². The number of hydrogen-bond donors (Lipinski definition) is 1. The summed E-state index contributed by atoms with van der Waals surface area (Å²) in [6.45, 7) is 2.27. The summed E-state index contributed by atoms with van der Waals surface area (Å²) in [6.07, 6.45) is 11.4. The number of hydrogen-bond acceptors (Lipinski definition) is 3. The van der Waals surface area contributed by atoms with Crippen molar-refractivity contribution in [3.63, 3.8) is 0 Å². The molecule has 0 aliphatic heterocycles. The molecule has 102 valence electrons. The molecule has 1 aromatic heterocycles. The predicted octanol–water partition coefficient (Wildman–Crippen LogP) is 2.44. The summed E-state index contributed by atoms with van der Waals surface area (Å²) >= 11 is 0. The van der Waals surface area contributed by atoms with Gasteiger partial charge in [-0.1, -0.05) is 26.2 Å². The van der Waals surface area contributed by atoms with E-state index in [1.807, 2.05) is 11.7 Å². The van der Waals surface area contributed by atoms with Crippen LogP contribution in [0.5, 0.6) is 0 Å². The fraction of sp³-hybridized carbons (Fsp3) is 0.857. The average Bonchev–Trinajstić information content (AvgIpc) is 2.74. The average molecular weight is 250 g/mol. The molecule has 0 bridgehead atoms. The summed E-state index contributed by atoms with van der Waals surface area (Å²) in [6, 6.07) is 0. The Morgan fingerprint density at radius 3 is 2.72 bits per heavy atom. The standard InChI is InChI=1S/C14H26N4/c1-3-4-5-12-6-8-14(15,9-7-12)10-13-16-11-17-18(13)2/h11-12H,3-10,15H2,1-2H3. The molecule has 0 spiro atoms. The smallest absolute Gasteiger partial charge is 0.138 e. The Hall–Kier alpha value is -0.900. The Morgan fingerprint density at radius 2 is 2.17 bits per heavy atom. The topological polar surface area (TPSA) is 56.7 Å². The quantitative estimate of drug-likeness (QED) is 0.873. The van der Waals surface area contributed by atoms with E-state index in [9.17, 15) is 0 Å². The van der Waals surface area contributed by atoms with Crippen LogP contribution < -0.4 is 5.73 Å². The summed E-state index contributed by atoms with van der Waals surface area (Å²) in [5.74, 6) is 1.92. The molecule has 2 rings (SSSR count). The highest BCUT2D eigenvalue weighted by atomic mass is 15.3. The number of aromatic nitrogens is 3. The number of nitrogens with zero attached hydrogens (tertiary/aromatic N) is 3. The van der Waals surface area contributed by atoms with Crippen LogP contribution in [0.4, 0.5) is 0 Å². The first-order valence-corrected chi connectivity index (χ1v) is 7.25. The highest BCUT2D eigenvalue weighted by Crippen LogP contribution is 2.34. The van der Waals surface area contributed by atoms with E-state index < -0.39 is 0 Å². The molecule has 1 heterocycles. The van der Waals surface area contributed by atoms with E-state index in [4.69, 9.17) is 5.73 Å². The Morgan fingerprint density at radius 1 is 1.44 bits per heavy atom. The van der Waals surface area contributed by atoms with E-state index in [0.717, 1.165) is 31.0 Å². The molecule has 0 atom stereocenters. The van der Waals surface area contributed by atoms with Crippen LogP contribution in [0.3, 0.4) is 0 Å². The minimum atomic E-state index is -0.0521. The first-order valence-electron chi connectivity index (χ1n) is 7.25. The van der Waals surface area contributed by atoms with Gasteiger partial charge >= 0.3 is 0 Å². The van der Waals surface area contributed by atoms with Crippen LogP contribution in [0, 0.1) is 5.92 Å². The van der Waals surface area contributed by atoms with E-state index >= 15 is 0 Å². The molecule has 0 amide bonds. The molecule has 0 unspecified atom stereocenters. The van der Waals surface area contributed by atoms with Crippen LogP contribution in [0.25, 0.3) is 0 Å². The molecule has 0 saturated heterocycles. The summed E-state index contributed by atoms with van der Waals surface area (Å²) in [5, 5.41) is 4.12. The van der Waals surface area contributed by atoms with Crippen LogP contribution in [0.2, 0.25) is 0 Å². The fourth-order valence-corrected chi connectivity index (χ4v) is 3.01. The van der Waals surface area contributed by atoms with Gasteiger partial charge in [0.25, 0.3) is 0 Å². The van der Waals surface area contributed by atoms with Crippen molar-refractivity contribution < 1.29 is 0 Å². The van der Waals surface area contributed by atoms with Crippen LogP contribution >= 0.6 is 0 Å². The first kappa shape index (κ1) is 13.5. The molecule has 4 nitrogen and oxygen atoms in total. The van der Waals surface area contributed by atoms with Gasteiger partial charge < -0.3 is 5.73 Å². The van der Waals surface area contributed by atoms with Crippen molar-refractivity contribution in [1.29, 1.82) is 0 Å². The van der Waals surface area contributed by atoms with Gasteiger partial charge in [0.2, 0.25) is 0 Å². The van der Waals surface area contributed by atoms with Crippen molar-refractivity contribution >= 4 is 0 Å². The number of rotatable bonds is 5. The van der Waals surface area contributed by atoms with Gasteiger partial charge in [-0.15, -0.1) is 0 Å². The maximum atomic E-state index is 6.53. The third kappa shape index (κ3) is 3.31. The highest BCUT2D eigenvalue weighted by Gasteiger charge is 2.32. The SMILES string of the molecule is CCCCC1CCC(N)(Cc2ncnn2C)CC1. The molecular weight excluding hydrogens is 224 g/mol. The van der Waals surface area contributed by atoms with E-state index in [1.54, 1.807) is 6.33 Å². The second kappa shape index (κ2) is 5.83. The Labute approximate surface area is 110 Å². The predicted molar refractivity (Wildman–Crippen MR) is 73.1 cm³/mol. The van der Waals surface area contributed by atoms with Gasteiger partial charge in [0, 0.05) is 19.0 Å². The number of unbranched alkanes of at least 4 members (excludes halogenated alkanes) is 1. The molecule has 1 aromatic rings. The van der Waals surface area contributed by atoms with Gasteiger partial charge in [0.15, 0.2) is 0 Å². The molecule has 1 saturated carbocycles. The lowest BCUT2D eigenvalue weighted by atomic mass is 9.74. The van der Waals surface area contributed by atoms with Crippen molar-refractivity contribution in [3.05, 3.63) is 12.2 Å². The second-order valence-electron chi connectivity index (χ2n) is 5.92. The lowest BCUT2D eigenvalue weighted by Crippen LogP contribution is -2.45. The minimum Gasteiger partial charge on any atom is -0.325 e. The summed E-state index contributed by atoms with van der Waals surface area (Å²) in [7, 11) is 1.94. The van der Waals surface area contributed by atoms with E-state index in [0.29, 0.717) is 0 Å². The van der Waals surface area contributed by atoms with Gasteiger partial charge in [-0.2, -0.15) is 5.10 Å². The number of nitrogens with two attached hydrogens (primary N) is 1. The van der Waals surface area contributed by atoms with Crippen molar-refractivity contribution in [2.75, 3.05) is 0 Å². The number of aryl methyl sites for hydroxylation is 1. The lowest BCUT2D eigenvalue weighted by molar-refractivity contribution is 0.218. The van der Waals surface area contributed by atoms with Gasteiger partial charge in [0.1, 0.15) is 12.2 Å². The molecule has 1 fully saturated rings. The molecule has 18 heavy (non-hydrogen) atoms. The molecule has 0 radical (unpaired) electrons. The summed E-state index contributed by atoms with van der Waals surface area (Å²) in [4.78, 5) is 4.30. The van der Waals surface area contributed by atoms with Crippen molar-refractivity contribution in [2.24, 2.45) is 18.7 Å². The van der Waals surface area contributed by atoms with Crippen LogP contribution in [-0.2, 0) is 13.5 Å². The minimum absolute atomic E-state index is 0.0521.